The first-order valence-electron chi connectivity index (χ1n) is 9.94. The molecule has 1 aliphatic heterocycles. The minimum Gasteiger partial charge on any atom is -0.357 e. The highest BCUT2D eigenvalue weighted by atomic mass is 127. The van der Waals surface area contributed by atoms with Gasteiger partial charge in [0.15, 0.2) is 5.96 Å². The lowest BCUT2D eigenvalue weighted by molar-refractivity contribution is -0.120. The highest BCUT2D eigenvalue weighted by Gasteiger charge is 2.27. The molecule has 0 bridgehead atoms. The minimum atomic E-state index is 0. The SMILES string of the molecule is CCNC(=NCCCCN(C)C(C)C)N1CCN(c2cnn(C)c2)C(=O)C1.I. The molecule has 1 amide bonds. The van der Waals surface area contributed by atoms with Crippen LogP contribution >= 0.6 is 24.0 Å². The zero-order valence-corrected chi connectivity index (χ0v) is 20.2. The van der Waals surface area contributed by atoms with Gasteiger partial charge < -0.3 is 20.0 Å². The van der Waals surface area contributed by atoms with E-state index in [1.807, 2.05) is 13.2 Å². The Morgan fingerprint density at radius 1 is 1.36 bits per heavy atom. The van der Waals surface area contributed by atoms with E-state index in [0.717, 1.165) is 50.7 Å². The second-order valence-corrected chi connectivity index (χ2v) is 7.36. The van der Waals surface area contributed by atoms with Crippen molar-refractivity contribution >= 4 is 41.5 Å². The number of aromatic nitrogens is 2. The van der Waals surface area contributed by atoms with Gasteiger partial charge in [-0.15, -0.1) is 24.0 Å². The monoisotopic (exact) mass is 505 g/mol. The van der Waals surface area contributed by atoms with Crippen LogP contribution in [0.25, 0.3) is 0 Å². The van der Waals surface area contributed by atoms with Gasteiger partial charge in [-0.2, -0.15) is 5.10 Å². The molecule has 1 N–H and O–H groups in total. The Hall–Kier alpha value is -1.36. The number of aryl methyl sites for hydroxylation is 1. The molecular formula is C19H36IN7O. The first-order chi connectivity index (χ1) is 12.9. The van der Waals surface area contributed by atoms with Gasteiger partial charge in [-0.1, -0.05) is 0 Å². The predicted octanol–water partition coefficient (Wildman–Crippen LogP) is 1.77. The summed E-state index contributed by atoms with van der Waals surface area (Å²) in [5, 5.41) is 7.49. The Morgan fingerprint density at radius 3 is 2.68 bits per heavy atom. The van der Waals surface area contributed by atoms with Crippen molar-refractivity contribution in [1.29, 1.82) is 0 Å². The van der Waals surface area contributed by atoms with Crippen LogP contribution in [0.15, 0.2) is 17.4 Å². The largest absolute Gasteiger partial charge is 0.357 e. The fraction of sp³-hybridized carbons (Fsp3) is 0.737. The normalized spacial score (nSPS) is 15.4. The van der Waals surface area contributed by atoms with Crippen LogP contribution in [0.2, 0.25) is 0 Å². The quantitative estimate of drug-likeness (QED) is 0.253. The molecule has 1 aromatic rings. The number of guanidine groups is 1. The van der Waals surface area contributed by atoms with Gasteiger partial charge in [0.05, 0.1) is 11.9 Å². The molecule has 1 saturated heterocycles. The third-order valence-electron chi connectivity index (χ3n) is 4.92. The molecule has 0 atom stereocenters. The molecule has 160 valence electrons. The van der Waals surface area contributed by atoms with E-state index in [1.165, 1.54) is 0 Å². The Labute approximate surface area is 186 Å². The Morgan fingerprint density at radius 2 is 2.11 bits per heavy atom. The number of amides is 1. The average molecular weight is 505 g/mol. The molecule has 0 unspecified atom stereocenters. The number of carbonyl (C=O) groups is 1. The zero-order valence-electron chi connectivity index (χ0n) is 17.9. The molecule has 1 fully saturated rings. The zero-order chi connectivity index (χ0) is 19.8. The van der Waals surface area contributed by atoms with Crippen molar-refractivity contribution in [3.63, 3.8) is 0 Å². The smallest absolute Gasteiger partial charge is 0.246 e. The first kappa shape index (κ1) is 24.7. The van der Waals surface area contributed by atoms with Gasteiger partial charge in [0.25, 0.3) is 0 Å². The molecule has 9 heteroatoms. The van der Waals surface area contributed by atoms with E-state index in [4.69, 9.17) is 4.99 Å². The molecule has 1 aromatic heterocycles. The van der Waals surface area contributed by atoms with Crippen LogP contribution in [-0.2, 0) is 11.8 Å². The molecule has 0 spiro atoms. The lowest BCUT2D eigenvalue weighted by Crippen LogP contribution is -2.55. The second kappa shape index (κ2) is 12.3. The molecule has 2 rings (SSSR count). The third-order valence-corrected chi connectivity index (χ3v) is 4.92. The predicted molar refractivity (Wildman–Crippen MR) is 126 cm³/mol. The highest BCUT2D eigenvalue weighted by molar-refractivity contribution is 14.0. The van der Waals surface area contributed by atoms with Crippen LogP contribution in [0.5, 0.6) is 0 Å². The summed E-state index contributed by atoms with van der Waals surface area (Å²) in [6.07, 6.45) is 5.79. The van der Waals surface area contributed by atoms with E-state index in [9.17, 15) is 4.79 Å². The van der Waals surface area contributed by atoms with Crippen molar-refractivity contribution in [3.05, 3.63) is 12.4 Å². The minimum absolute atomic E-state index is 0. The van der Waals surface area contributed by atoms with Crippen LogP contribution in [-0.4, -0.2) is 83.8 Å². The molecule has 1 aliphatic rings. The number of hydrogen-bond acceptors (Lipinski definition) is 4. The Balaban J connectivity index is 0.00000392. The molecule has 0 aromatic carbocycles. The maximum Gasteiger partial charge on any atom is 0.246 e. The van der Waals surface area contributed by atoms with Crippen molar-refractivity contribution in [3.8, 4) is 0 Å². The van der Waals surface area contributed by atoms with Crippen LogP contribution in [0, 0.1) is 0 Å². The lowest BCUT2D eigenvalue weighted by Gasteiger charge is -2.35. The number of carbonyl (C=O) groups excluding carboxylic acids is 1. The molecular weight excluding hydrogens is 469 g/mol. The number of halogens is 1. The number of aliphatic imine (C=N–C) groups is 1. The summed E-state index contributed by atoms with van der Waals surface area (Å²) in [7, 11) is 4.02. The van der Waals surface area contributed by atoms with E-state index in [1.54, 1.807) is 15.8 Å². The fourth-order valence-electron chi connectivity index (χ4n) is 3.02. The lowest BCUT2D eigenvalue weighted by atomic mass is 10.2. The molecule has 2 heterocycles. The summed E-state index contributed by atoms with van der Waals surface area (Å²) in [6.45, 7) is 10.9. The molecule has 28 heavy (non-hydrogen) atoms. The molecule has 8 nitrogen and oxygen atoms in total. The van der Waals surface area contributed by atoms with Gasteiger partial charge in [0, 0.05) is 45.5 Å². The van der Waals surface area contributed by atoms with E-state index in [-0.39, 0.29) is 29.9 Å². The van der Waals surface area contributed by atoms with Gasteiger partial charge in [-0.25, -0.2) is 0 Å². The summed E-state index contributed by atoms with van der Waals surface area (Å²) in [4.78, 5) is 23.5. The number of unbranched alkanes of at least 4 members (excludes halogenated alkanes) is 1. The number of hydrogen-bond donors (Lipinski definition) is 1. The number of rotatable bonds is 8. The summed E-state index contributed by atoms with van der Waals surface area (Å²) in [5.41, 5.74) is 0.860. The van der Waals surface area contributed by atoms with Gasteiger partial charge >= 0.3 is 0 Å². The van der Waals surface area contributed by atoms with Crippen molar-refractivity contribution in [2.75, 3.05) is 51.2 Å². The summed E-state index contributed by atoms with van der Waals surface area (Å²) < 4.78 is 1.72. The maximum absolute atomic E-state index is 12.6. The first-order valence-corrected chi connectivity index (χ1v) is 9.94. The van der Waals surface area contributed by atoms with Gasteiger partial charge in [-0.3, -0.25) is 14.5 Å². The van der Waals surface area contributed by atoms with E-state index < -0.39 is 0 Å². The summed E-state index contributed by atoms with van der Waals surface area (Å²) in [6, 6.07) is 0.577. The van der Waals surface area contributed by atoms with E-state index >= 15 is 0 Å². The number of nitrogens with one attached hydrogen (secondary N) is 1. The fourth-order valence-corrected chi connectivity index (χ4v) is 3.02. The summed E-state index contributed by atoms with van der Waals surface area (Å²) >= 11 is 0. The Kier molecular flexibility index (Phi) is 10.8. The number of nitrogens with zero attached hydrogens (tertiary/aromatic N) is 6. The van der Waals surface area contributed by atoms with Crippen molar-refractivity contribution in [1.82, 2.24) is 24.9 Å². The topological polar surface area (TPSA) is 69.0 Å². The van der Waals surface area contributed by atoms with Crippen LogP contribution in [0.4, 0.5) is 5.69 Å². The number of piperazine rings is 1. The van der Waals surface area contributed by atoms with Crippen LogP contribution in [0.3, 0.4) is 0 Å². The maximum atomic E-state index is 12.6. The Bertz CT molecular complexity index is 632. The van der Waals surface area contributed by atoms with E-state index in [0.29, 0.717) is 19.1 Å². The second-order valence-electron chi connectivity index (χ2n) is 7.36. The average Bonchev–Trinajstić information content (AvgIpc) is 3.06. The summed E-state index contributed by atoms with van der Waals surface area (Å²) in [5.74, 6) is 0.923. The molecule has 0 aliphatic carbocycles. The van der Waals surface area contributed by atoms with Crippen molar-refractivity contribution in [2.24, 2.45) is 12.0 Å². The highest BCUT2D eigenvalue weighted by Crippen LogP contribution is 2.16. The van der Waals surface area contributed by atoms with Gasteiger partial charge in [0.1, 0.15) is 6.54 Å². The standard InChI is InChI=1S/C19H35N7O.HI/c1-6-20-19(21-9-7-8-10-23(4)16(2)3)25-11-12-26(18(27)15-25)17-13-22-24(5)14-17;/h13-14,16H,6-12,15H2,1-5H3,(H,20,21);1H. The third kappa shape index (κ3) is 7.23. The van der Waals surface area contributed by atoms with Crippen molar-refractivity contribution < 1.29 is 4.79 Å². The van der Waals surface area contributed by atoms with E-state index in [2.05, 4.69) is 48.0 Å². The van der Waals surface area contributed by atoms with Gasteiger partial charge in [-0.05, 0) is 47.2 Å². The molecule has 0 saturated carbocycles. The van der Waals surface area contributed by atoms with Crippen molar-refractivity contribution in [2.45, 2.75) is 39.7 Å². The molecule has 0 radical (unpaired) electrons. The number of anilines is 1. The van der Waals surface area contributed by atoms with Crippen LogP contribution in [0.1, 0.15) is 33.6 Å². The van der Waals surface area contributed by atoms with Crippen LogP contribution < -0.4 is 10.2 Å². The van der Waals surface area contributed by atoms with Gasteiger partial charge in [0.2, 0.25) is 5.91 Å².